The Labute approximate surface area is 166 Å². The van der Waals surface area contributed by atoms with Crippen molar-refractivity contribution in [1.82, 2.24) is 19.3 Å². The van der Waals surface area contributed by atoms with Gasteiger partial charge in [-0.25, -0.2) is 18.7 Å². The van der Waals surface area contributed by atoms with Crippen LogP contribution in [0, 0.1) is 11.6 Å². The normalized spacial score (nSPS) is 15.4. The van der Waals surface area contributed by atoms with Gasteiger partial charge in [0, 0.05) is 50.4 Å². The summed E-state index contributed by atoms with van der Waals surface area (Å²) in [5.41, 5.74) is 9.09. The van der Waals surface area contributed by atoms with Gasteiger partial charge in [-0.3, -0.25) is 9.30 Å². The Morgan fingerprint density at radius 2 is 1.76 bits per heavy atom. The molecule has 0 spiro atoms. The van der Waals surface area contributed by atoms with E-state index in [-0.39, 0.29) is 0 Å². The molecule has 8 heteroatoms. The van der Waals surface area contributed by atoms with E-state index in [1.165, 1.54) is 12.1 Å². The first kappa shape index (κ1) is 17.8. The fourth-order valence-electron chi connectivity index (χ4n) is 3.92. The maximum absolute atomic E-state index is 14.0. The van der Waals surface area contributed by atoms with Crippen LogP contribution in [-0.2, 0) is 6.54 Å². The summed E-state index contributed by atoms with van der Waals surface area (Å²) < 4.78 is 29.0. The van der Waals surface area contributed by atoms with Gasteiger partial charge in [-0.05, 0) is 24.3 Å². The number of para-hydroxylation sites is 1. The maximum Gasteiger partial charge on any atom is 0.206 e. The summed E-state index contributed by atoms with van der Waals surface area (Å²) in [4.78, 5) is 13.4. The van der Waals surface area contributed by atoms with Gasteiger partial charge < -0.3 is 10.6 Å². The highest BCUT2D eigenvalue weighted by Gasteiger charge is 2.21. The minimum absolute atomic E-state index is 0.411. The predicted octanol–water partition coefficient (Wildman–Crippen LogP) is 3.07. The number of hydrogen-bond acceptors (Lipinski definition) is 5. The van der Waals surface area contributed by atoms with Crippen molar-refractivity contribution in [3.8, 4) is 0 Å². The van der Waals surface area contributed by atoms with Crippen molar-refractivity contribution in [3.05, 3.63) is 66.0 Å². The second-order valence-electron chi connectivity index (χ2n) is 7.27. The first-order valence-corrected chi connectivity index (χ1v) is 9.53. The third-order valence-corrected chi connectivity index (χ3v) is 5.39. The molecule has 29 heavy (non-hydrogen) atoms. The van der Waals surface area contributed by atoms with Crippen LogP contribution in [0.2, 0.25) is 0 Å². The van der Waals surface area contributed by atoms with E-state index in [9.17, 15) is 8.78 Å². The van der Waals surface area contributed by atoms with E-state index in [1.54, 1.807) is 0 Å². The predicted molar refractivity (Wildman–Crippen MR) is 109 cm³/mol. The monoisotopic (exact) mass is 394 g/mol. The van der Waals surface area contributed by atoms with Crippen LogP contribution < -0.4 is 10.6 Å². The molecular weight excluding hydrogens is 374 g/mol. The number of nitrogen functional groups attached to an aromatic ring is 1. The van der Waals surface area contributed by atoms with Crippen molar-refractivity contribution in [2.24, 2.45) is 0 Å². The molecule has 1 aliphatic heterocycles. The molecule has 1 saturated heterocycles. The van der Waals surface area contributed by atoms with Crippen LogP contribution in [0.3, 0.4) is 0 Å². The van der Waals surface area contributed by atoms with E-state index >= 15 is 0 Å². The summed E-state index contributed by atoms with van der Waals surface area (Å²) >= 11 is 0. The number of imidazole rings is 1. The highest BCUT2D eigenvalue weighted by Crippen LogP contribution is 2.23. The van der Waals surface area contributed by atoms with Crippen LogP contribution in [0.5, 0.6) is 0 Å². The Kier molecular flexibility index (Phi) is 4.28. The van der Waals surface area contributed by atoms with E-state index in [0.29, 0.717) is 31.3 Å². The fraction of sp³-hybridized carbons (Fsp3) is 0.238. The van der Waals surface area contributed by atoms with Crippen LogP contribution >= 0.6 is 0 Å². The Hall–Kier alpha value is -3.26. The van der Waals surface area contributed by atoms with Crippen molar-refractivity contribution >= 4 is 28.2 Å². The van der Waals surface area contributed by atoms with Crippen molar-refractivity contribution in [3.63, 3.8) is 0 Å². The molecule has 0 unspecified atom stereocenters. The van der Waals surface area contributed by atoms with Gasteiger partial charge in [-0.1, -0.05) is 12.1 Å². The van der Waals surface area contributed by atoms with Gasteiger partial charge in [0.1, 0.15) is 17.3 Å². The average molecular weight is 394 g/mol. The molecule has 148 valence electrons. The Morgan fingerprint density at radius 1 is 0.966 bits per heavy atom. The summed E-state index contributed by atoms with van der Waals surface area (Å²) in [6.07, 6.45) is 1.93. The van der Waals surface area contributed by atoms with E-state index < -0.39 is 11.6 Å². The third kappa shape index (κ3) is 3.25. The standard InChI is InChI=1S/C21H20F2N6/c22-14-5-6-19(17(23)11-14)28-9-7-27(8-10-28)12-15-13-29-20(25-15)16-3-1-2-4-18(16)26-21(29)24/h1-6,11,13H,7-10,12H2,(H2,24,26). The van der Waals surface area contributed by atoms with Crippen molar-refractivity contribution in [2.75, 3.05) is 36.8 Å². The number of hydrogen-bond donors (Lipinski definition) is 1. The van der Waals surface area contributed by atoms with E-state index in [1.807, 2.05) is 39.8 Å². The Balaban J connectivity index is 1.33. The van der Waals surface area contributed by atoms with Crippen molar-refractivity contribution in [1.29, 1.82) is 0 Å². The van der Waals surface area contributed by atoms with Gasteiger partial charge in [0.25, 0.3) is 0 Å². The van der Waals surface area contributed by atoms with Crippen molar-refractivity contribution in [2.45, 2.75) is 6.54 Å². The molecule has 4 aromatic rings. The summed E-state index contributed by atoms with van der Waals surface area (Å²) in [5, 5.41) is 0.963. The smallest absolute Gasteiger partial charge is 0.206 e. The molecule has 5 rings (SSSR count). The van der Waals surface area contributed by atoms with Crippen LogP contribution in [-0.4, -0.2) is 45.4 Å². The van der Waals surface area contributed by atoms with Gasteiger partial charge in [0.2, 0.25) is 5.95 Å². The Morgan fingerprint density at radius 3 is 2.55 bits per heavy atom. The highest BCUT2D eigenvalue weighted by molar-refractivity contribution is 5.92. The molecule has 0 bridgehead atoms. The second kappa shape index (κ2) is 6.97. The highest BCUT2D eigenvalue weighted by atomic mass is 19.1. The molecule has 3 heterocycles. The zero-order valence-corrected chi connectivity index (χ0v) is 15.7. The number of anilines is 2. The van der Waals surface area contributed by atoms with Crippen LogP contribution in [0.15, 0.2) is 48.7 Å². The number of halogens is 2. The molecule has 1 fully saturated rings. The molecule has 2 N–H and O–H groups in total. The molecule has 2 aromatic heterocycles. The quantitative estimate of drug-likeness (QED) is 0.579. The molecule has 0 saturated carbocycles. The van der Waals surface area contributed by atoms with E-state index in [0.717, 1.165) is 41.4 Å². The number of rotatable bonds is 3. The lowest BCUT2D eigenvalue weighted by molar-refractivity contribution is 0.247. The minimum atomic E-state index is -0.557. The number of nitrogens with two attached hydrogens (primary N) is 1. The Bertz CT molecular complexity index is 1200. The number of fused-ring (bicyclic) bond motifs is 3. The van der Waals surface area contributed by atoms with Crippen LogP contribution in [0.25, 0.3) is 16.6 Å². The third-order valence-electron chi connectivity index (χ3n) is 5.39. The maximum atomic E-state index is 14.0. The molecular formula is C21H20F2N6. The number of aromatic nitrogens is 3. The molecule has 0 amide bonds. The molecule has 0 aliphatic carbocycles. The summed E-state index contributed by atoms with van der Waals surface area (Å²) in [7, 11) is 0. The summed E-state index contributed by atoms with van der Waals surface area (Å²) in [5.74, 6) is -0.666. The average Bonchev–Trinajstić information content (AvgIpc) is 3.14. The van der Waals surface area contributed by atoms with Gasteiger partial charge in [0.05, 0.1) is 16.9 Å². The minimum Gasteiger partial charge on any atom is -0.369 e. The van der Waals surface area contributed by atoms with E-state index in [4.69, 9.17) is 10.7 Å². The lowest BCUT2D eigenvalue weighted by Gasteiger charge is -2.35. The van der Waals surface area contributed by atoms with Gasteiger partial charge in [-0.15, -0.1) is 0 Å². The number of nitrogens with zero attached hydrogens (tertiary/aromatic N) is 5. The zero-order chi connectivity index (χ0) is 20.0. The first-order valence-electron chi connectivity index (χ1n) is 9.53. The fourth-order valence-corrected chi connectivity index (χ4v) is 3.92. The molecule has 6 nitrogen and oxygen atoms in total. The van der Waals surface area contributed by atoms with Gasteiger partial charge in [0.15, 0.2) is 0 Å². The molecule has 0 atom stereocenters. The van der Waals surface area contributed by atoms with Gasteiger partial charge >= 0.3 is 0 Å². The van der Waals surface area contributed by atoms with E-state index in [2.05, 4.69) is 9.88 Å². The topological polar surface area (TPSA) is 62.7 Å². The number of benzene rings is 2. The SMILES string of the molecule is Nc1nc2ccccc2c2nc(CN3CCN(c4ccc(F)cc4F)CC3)cn12. The number of piperazine rings is 1. The molecule has 0 radical (unpaired) electrons. The lowest BCUT2D eigenvalue weighted by Crippen LogP contribution is -2.46. The molecule has 2 aromatic carbocycles. The summed E-state index contributed by atoms with van der Waals surface area (Å²) in [6.45, 7) is 3.54. The largest absolute Gasteiger partial charge is 0.369 e. The van der Waals surface area contributed by atoms with Crippen LogP contribution in [0.4, 0.5) is 20.4 Å². The van der Waals surface area contributed by atoms with Crippen LogP contribution in [0.1, 0.15) is 5.69 Å². The summed E-state index contributed by atoms with van der Waals surface area (Å²) in [6, 6.07) is 11.5. The lowest BCUT2D eigenvalue weighted by atomic mass is 10.2. The van der Waals surface area contributed by atoms with Crippen molar-refractivity contribution < 1.29 is 8.78 Å². The molecule has 1 aliphatic rings. The first-order chi connectivity index (χ1) is 14.1. The van der Waals surface area contributed by atoms with Gasteiger partial charge in [-0.2, -0.15) is 0 Å². The zero-order valence-electron chi connectivity index (χ0n) is 15.7. The second-order valence-corrected chi connectivity index (χ2v) is 7.27.